The van der Waals surface area contributed by atoms with Crippen LogP contribution in [0.1, 0.15) is 45.6 Å². The summed E-state index contributed by atoms with van der Waals surface area (Å²) in [6, 6.07) is 15.4. The monoisotopic (exact) mass is 405 g/mol. The lowest BCUT2D eigenvalue weighted by Gasteiger charge is -2.17. The number of fused-ring (bicyclic) bond motifs is 1. The van der Waals surface area contributed by atoms with E-state index < -0.39 is 0 Å². The van der Waals surface area contributed by atoms with Crippen molar-refractivity contribution in [3.05, 3.63) is 86.8 Å². The van der Waals surface area contributed by atoms with E-state index in [1.54, 1.807) is 11.8 Å². The molecule has 1 amide bonds. The van der Waals surface area contributed by atoms with E-state index in [1.165, 1.54) is 0 Å². The topological polar surface area (TPSA) is 74.8 Å². The first-order valence-electron chi connectivity index (χ1n) is 9.77. The largest absolute Gasteiger partial charge is 0.322 e. The van der Waals surface area contributed by atoms with Crippen molar-refractivity contribution in [3.8, 4) is 0 Å². The molecule has 4 rings (SSSR count). The van der Waals surface area contributed by atoms with Gasteiger partial charge in [0.1, 0.15) is 0 Å². The third kappa shape index (κ3) is 4.43. The molecule has 6 heteroatoms. The maximum atomic E-state index is 12.7. The second-order valence-electron chi connectivity index (χ2n) is 7.23. The van der Waals surface area contributed by atoms with Gasteiger partial charge in [-0.15, -0.1) is 11.8 Å². The zero-order chi connectivity index (χ0) is 20.2. The highest BCUT2D eigenvalue weighted by Gasteiger charge is 2.18. The Morgan fingerprint density at radius 2 is 1.90 bits per heavy atom. The maximum Gasteiger partial charge on any atom is 0.267 e. The van der Waals surface area contributed by atoms with Crippen molar-refractivity contribution in [2.45, 2.75) is 37.0 Å². The molecule has 0 aliphatic heterocycles. The van der Waals surface area contributed by atoms with Crippen LogP contribution in [0.25, 0.3) is 0 Å². The summed E-state index contributed by atoms with van der Waals surface area (Å²) in [5, 5.41) is 9.92. The molecule has 1 aliphatic rings. The van der Waals surface area contributed by atoms with E-state index in [9.17, 15) is 9.59 Å². The number of aromatic amines is 1. The van der Waals surface area contributed by atoms with Crippen molar-refractivity contribution in [2.24, 2.45) is 0 Å². The Labute approximate surface area is 173 Å². The van der Waals surface area contributed by atoms with Crippen LogP contribution in [0.3, 0.4) is 0 Å². The number of benzene rings is 2. The summed E-state index contributed by atoms with van der Waals surface area (Å²) in [4.78, 5) is 25.9. The molecule has 1 heterocycles. The van der Waals surface area contributed by atoms with E-state index >= 15 is 0 Å². The van der Waals surface area contributed by atoms with Crippen LogP contribution >= 0.6 is 11.8 Å². The number of aromatic nitrogens is 2. The molecule has 3 aromatic rings. The lowest BCUT2D eigenvalue weighted by atomic mass is 9.90. The average molecular weight is 406 g/mol. The molecule has 2 N–H and O–H groups in total. The molecule has 29 heavy (non-hydrogen) atoms. The molecule has 5 nitrogen and oxygen atoms in total. The number of rotatable bonds is 5. The molecule has 1 aromatic heterocycles. The maximum absolute atomic E-state index is 12.7. The molecule has 148 valence electrons. The van der Waals surface area contributed by atoms with Crippen molar-refractivity contribution in [1.29, 1.82) is 0 Å². The highest BCUT2D eigenvalue weighted by molar-refractivity contribution is 7.98. The summed E-state index contributed by atoms with van der Waals surface area (Å²) in [6.45, 7) is 0. The Balaban J connectivity index is 1.55. The van der Waals surface area contributed by atoms with Crippen molar-refractivity contribution < 1.29 is 4.79 Å². The van der Waals surface area contributed by atoms with Gasteiger partial charge in [0.25, 0.3) is 11.5 Å². The number of hydrogen-bond acceptors (Lipinski definition) is 4. The van der Waals surface area contributed by atoms with Crippen molar-refractivity contribution in [1.82, 2.24) is 10.2 Å². The number of thioether (sulfide) groups is 1. The third-order valence-corrected chi connectivity index (χ3v) is 6.00. The van der Waals surface area contributed by atoms with Gasteiger partial charge in [-0.1, -0.05) is 18.2 Å². The van der Waals surface area contributed by atoms with Gasteiger partial charge in [0.15, 0.2) is 0 Å². The molecular formula is C23H23N3O2S. The minimum absolute atomic E-state index is 0.0657. The molecule has 0 spiro atoms. The number of carbonyl (C=O) groups is 1. The SMILES string of the molecule is CSc1cccc(NC(=O)c2cccc(Cc3n[nH]c(=O)c4c3CCCC4)c2)c1. The van der Waals surface area contributed by atoms with E-state index in [1.807, 2.05) is 54.8 Å². The quantitative estimate of drug-likeness (QED) is 0.624. The van der Waals surface area contributed by atoms with Gasteiger partial charge in [0, 0.05) is 28.1 Å². The Morgan fingerprint density at radius 3 is 2.72 bits per heavy atom. The number of hydrogen-bond donors (Lipinski definition) is 2. The summed E-state index contributed by atoms with van der Waals surface area (Å²) >= 11 is 1.64. The van der Waals surface area contributed by atoms with Crippen LogP contribution in [-0.2, 0) is 19.3 Å². The Bertz CT molecular complexity index is 1110. The predicted octanol–water partition coefficient (Wildman–Crippen LogP) is 4.21. The number of amides is 1. The highest BCUT2D eigenvalue weighted by Crippen LogP contribution is 2.23. The number of anilines is 1. The Hall–Kier alpha value is -2.86. The molecule has 0 unspecified atom stereocenters. The van der Waals surface area contributed by atoms with Gasteiger partial charge in [-0.25, -0.2) is 5.10 Å². The van der Waals surface area contributed by atoms with Gasteiger partial charge in [-0.05, 0) is 73.4 Å². The minimum atomic E-state index is -0.137. The normalized spacial score (nSPS) is 13.0. The van der Waals surface area contributed by atoms with E-state index in [4.69, 9.17) is 0 Å². The zero-order valence-corrected chi connectivity index (χ0v) is 17.1. The van der Waals surface area contributed by atoms with Crippen molar-refractivity contribution in [2.75, 3.05) is 11.6 Å². The first-order chi connectivity index (χ1) is 14.1. The summed E-state index contributed by atoms with van der Waals surface area (Å²) in [7, 11) is 0. The van der Waals surface area contributed by atoms with Gasteiger partial charge < -0.3 is 5.32 Å². The summed E-state index contributed by atoms with van der Waals surface area (Å²) in [5.41, 5.74) is 5.20. The van der Waals surface area contributed by atoms with Gasteiger partial charge in [0.2, 0.25) is 0 Å². The number of nitrogens with one attached hydrogen (secondary N) is 2. The number of H-pyrrole nitrogens is 1. The molecule has 0 saturated carbocycles. The van der Waals surface area contributed by atoms with Crippen LogP contribution in [-0.4, -0.2) is 22.4 Å². The van der Waals surface area contributed by atoms with E-state index in [0.717, 1.165) is 58.7 Å². The second kappa shape index (κ2) is 8.66. The van der Waals surface area contributed by atoms with Gasteiger partial charge in [-0.2, -0.15) is 5.10 Å². The lowest BCUT2D eigenvalue weighted by molar-refractivity contribution is 0.102. The molecule has 0 radical (unpaired) electrons. The molecule has 0 bridgehead atoms. The smallest absolute Gasteiger partial charge is 0.267 e. The van der Waals surface area contributed by atoms with E-state index in [0.29, 0.717) is 12.0 Å². The minimum Gasteiger partial charge on any atom is -0.322 e. The number of carbonyl (C=O) groups excluding carboxylic acids is 1. The summed E-state index contributed by atoms with van der Waals surface area (Å²) < 4.78 is 0. The fourth-order valence-electron chi connectivity index (χ4n) is 3.79. The zero-order valence-electron chi connectivity index (χ0n) is 16.3. The standard InChI is InChI=1S/C23H23N3O2S/c1-29-18-9-5-8-17(14-18)24-22(27)16-7-4-6-15(12-16)13-21-19-10-2-3-11-20(19)23(28)26-25-21/h4-9,12,14H,2-3,10-11,13H2,1H3,(H,24,27)(H,26,28). The predicted molar refractivity (Wildman–Crippen MR) is 117 cm³/mol. The van der Waals surface area contributed by atoms with Gasteiger partial charge in [-0.3, -0.25) is 9.59 Å². The fourth-order valence-corrected chi connectivity index (χ4v) is 4.25. The van der Waals surface area contributed by atoms with Gasteiger partial charge >= 0.3 is 0 Å². The first-order valence-corrected chi connectivity index (χ1v) is 11.0. The molecule has 2 aromatic carbocycles. The molecule has 0 atom stereocenters. The lowest BCUT2D eigenvalue weighted by Crippen LogP contribution is -2.23. The van der Waals surface area contributed by atoms with Gasteiger partial charge in [0.05, 0.1) is 5.69 Å². The third-order valence-electron chi connectivity index (χ3n) is 5.27. The van der Waals surface area contributed by atoms with Crippen LogP contribution in [0.4, 0.5) is 5.69 Å². The van der Waals surface area contributed by atoms with E-state index in [-0.39, 0.29) is 11.5 Å². The number of nitrogens with zero attached hydrogens (tertiary/aromatic N) is 1. The van der Waals surface area contributed by atoms with E-state index in [2.05, 4.69) is 15.5 Å². The molecule has 1 aliphatic carbocycles. The molecular weight excluding hydrogens is 382 g/mol. The van der Waals surface area contributed by atoms with Crippen molar-refractivity contribution >= 4 is 23.4 Å². The van der Waals surface area contributed by atoms with Crippen LogP contribution in [0.5, 0.6) is 0 Å². The van der Waals surface area contributed by atoms with Crippen LogP contribution in [0.15, 0.2) is 58.2 Å². The molecule has 0 fully saturated rings. The molecule has 0 saturated heterocycles. The summed E-state index contributed by atoms with van der Waals surface area (Å²) in [5.74, 6) is -0.137. The second-order valence-corrected chi connectivity index (χ2v) is 8.11. The Kier molecular flexibility index (Phi) is 5.81. The fraction of sp³-hybridized carbons (Fsp3) is 0.261. The highest BCUT2D eigenvalue weighted by atomic mass is 32.2. The van der Waals surface area contributed by atoms with Crippen molar-refractivity contribution in [3.63, 3.8) is 0 Å². The van der Waals surface area contributed by atoms with Crippen LogP contribution < -0.4 is 10.9 Å². The Morgan fingerprint density at radius 1 is 1.10 bits per heavy atom. The van der Waals surface area contributed by atoms with Crippen LogP contribution in [0, 0.1) is 0 Å². The summed E-state index contributed by atoms with van der Waals surface area (Å²) in [6.07, 6.45) is 6.46. The average Bonchev–Trinajstić information content (AvgIpc) is 2.76. The first kappa shape index (κ1) is 19.5. The van der Waals surface area contributed by atoms with Crippen LogP contribution in [0.2, 0.25) is 0 Å².